The minimum absolute atomic E-state index is 0.00437. The van der Waals surface area contributed by atoms with Gasteiger partial charge in [0.15, 0.2) is 0 Å². The normalized spacial score (nSPS) is 12.0. The van der Waals surface area contributed by atoms with Crippen LogP contribution in [0, 0.1) is 0 Å². The molecule has 0 saturated carbocycles. The average molecular weight is 296 g/mol. The summed E-state index contributed by atoms with van der Waals surface area (Å²) in [5.41, 5.74) is 9.40. The lowest BCUT2D eigenvalue weighted by Gasteiger charge is -2.22. The molecule has 0 heterocycles. The van der Waals surface area contributed by atoms with Crippen molar-refractivity contribution in [3.8, 4) is 11.1 Å². The molecule has 3 nitrogen and oxygen atoms in total. The molecule has 0 spiro atoms. The molecule has 0 aliphatic carbocycles. The van der Waals surface area contributed by atoms with Gasteiger partial charge in [-0.2, -0.15) is 0 Å². The highest BCUT2D eigenvalue weighted by Crippen LogP contribution is 2.24. The Bertz CT molecular complexity index is 610. The van der Waals surface area contributed by atoms with Gasteiger partial charge in [-0.3, -0.25) is 4.79 Å². The first kappa shape index (κ1) is 16.2. The largest absolute Gasteiger partial charge is 0.340 e. The molecule has 0 aliphatic heterocycles. The van der Waals surface area contributed by atoms with Gasteiger partial charge in [0.1, 0.15) is 0 Å². The van der Waals surface area contributed by atoms with Crippen molar-refractivity contribution in [3.05, 3.63) is 60.2 Å². The first-order valence-corrected chi connectivity index (χ1v) is 7.77. The first-order valence-electron chi connectivity index (χ1n) is 7.77. The number of hydrogen-bond acceptors (Lipinski definition) is 2. The Morgan fingerprint density at radius 1 is 1.09 bits per heavy atom. The van der Waals surface area contributed by atoms with Crippen LogP contribution in [0.5, 0.6) is 0 Å². The predicted molar refractivity (Wildman–Crippen MR) is 91.2 cm³/mol. The van der Waals surface area contributed by atoms with Crippen molar-refractivity contribution in [1.29, 1.82) is 0 Å². The predicted octanol–water partition coefficient (Wildman–Crippen LogP) is 3.44. The zero-order valence-electron chi connectivity index (χ0n) is 13.3. The van der Waals surface area contributed by atoms with Crippen LogP contribution in [0.2, 0.25) is 0 Å². The van der Waals surface area contributed by atoms with E-state index in [0.717, 1.165) is 29.5 Å². The molecule has 1 amide bonds. The van der Waals surface area contributed by atoms with E-state index in [1.165, 1.54) is 0 Å². The highest BCUT2D eigenvalue weighted by molar-refractivity contribution is 5.81. The second-order valence-electron chi connectivity index (χ2n) is 5.61. The smallest absolute Gasteiger partial charge is 0.239 e. The standard InChI is InChI=1S/C19H24N2O/c1-3-9-18(20)19(22)21(2)14-16-12-7-8-13-17(16)15-10-5-4-6-11-15/h4-8,10-13,18H,3,9,14,20H2,1-2H3. The zero-order chi connectivity index (χ0) is 15.9. The Labute approximate surface area is 132 Å². The van der Waals surface area contributed by atoms with Crippen molar-refractivity contribution >= 4 is 5.91 Å². The van der Waals surface area contributed by atoms with Crippen LogP contribution in [0.25, 0.3) is 11.1 Å². The van der Waals surface area contributed by atoms with Gasteiger partial charge in [-0.05, 0) is 23.1 Å². The van der Waals surface area contributed by atoms with Gasteiger partial charge in [0.2, 0.25) is 5.91 Å². The number of amides is 1. The summed E-state index contributed by atoms with van der Waals surface area (Å²) in [6.45, 7) is 2.61. The molecular weight excluding hydrogens is 272 g/mol. The van der Waals surface area contributed by atoms with Crippen molar-refractivity contribution < 1.29 is 4.79 Å². The number of nitrogens with two attached hydrogens (primary N) is 1. The number of carbonyl (C=O) groups is 1. The van der Waals surface area contributed by atoms with Gasteiger partial charge < -0.3 is 10.6 Å². The lowest BCUT2D eigenvalue weighted by molar-refractivity contribution is -0.131. The number of likely N-dealkylation sites (N-methyl/N-ethyl adjacent to an activating group) is 1. The van der Waals surface area contributed by atoms with Gasteiger partial charge in [-0.15, -0.1) is 0 Å². The fourth-order valence-electron chi connectivity index (χ4n) is 2.61. The summed E-state index contributed by atoms with van der Waals surface area (Å²) in [6, 6.07) is 18.0. The lowest BCUT2D eigenvalue weighted by atomic mass is 9.99. The quantitative estimate of drug-likeness (QED) is 0.887. The maximum absolute atomic E-state index is 12.3. The zero-order valence-corrected chi connectivity index (χ0v) is 13.3. The van der Waals surface area contributed by atoms with Crippen molar-refractivity contribution in [2.75, 3.05) is 7.05 Å². The van der Waals surface area contributed by atoms with E-state index in [0.29, 0.717) is 6.54 Å². The van der Waals surface area contributed by atoms with Crippen LogP contribution in [-0.4, -0.2) is 23.9 Å². The summed E-state index contributed by atoms with van der Waals surface area (Å²) in [7, 11) is 1.82. The third-order valence-corrected chi connectivity index (χ3v) is 3.80. The van der Waals surface area contributed by atoms with Gasteiger partial charge in [0.25, 0.3) is 0 Å². The van der Waals surface area contributed by atoms with Crippen LogP contribution in [0.3, 0.4) is 0 Å². The molecule has 0 aliphatic rings. The van der Waals surface area contributed by atoms with Gasteiger partial charge in [-0.1, -0.05) is 67.9 Å². The summed E-state index contributed by atoms with van der Waals surface area (Å²) < 4.78 is 0. The van der Waals surface area contributed by atoms with Crippen LogP contribution in [0.1, 0.15) is 25.3 Å². The molecule has 1 unspecified atom stereocenters. The summed E-state index contributed by atoms with van der Waals surface area (Å²) >= 11 is 0. The maximum Gasteiger partial charge on any atom is 0.239 e. The molecule has 3 heteroatoms. The second kappa shape index (κ2) is 7.76. The van der Waals surface area contributed by atoms with Crippen LogP contribution in [0.15, 0.2) is 54.6 Å². The van der Waals surface area contributed by atoms with E-state index in [1.54, 1.807) is 4.90 Å². The number of carbonyl (C=O) groups excluding carboxylic acids is 1. The van der Waals surface area contributed by atoms with Crippen molar-refractivity contribution in [1.82, 2.24) is 4.90 Å². The van der Waals surface area contributed by atoms with E-state index in [9.17, 15) is 4.79 Å². The Hall–Kier alpha value is -2.13. The number of nitrogens with zero attached hydrogens (tertiary/aromatic N) is 1. The van der Waals surface area contributed by atoms with Gasteiger partial charge in [0.05, 0.1) is 6.04 Å². The molecule has 0 aromatic heterocycles. The summed E-state index contributed by atoms with van der Waals surface area (Å²) in [6.07, 6.45) is 1.64. The monoisotopic (exact) mass is 296 g/mol. The van der Waals surface area contributed by atoms with Crippen molar-refractivity contribution in [2.45, 2.75) is 32.4 Å². The van der Waals surface area contributed by atoms with Crippen molar-refractivity contribution in [2.24, 2.45) is 5.73 Å². The molecule has 2 rings (SSSR count). The second-order valence-corrected chi connectivity index (χ2v) is 5.61. The van der Waals surface area contributed by atoms with Gasteiger partial charge in [0, 0.05) is 13.6 Å². The van der Waals surface area contributed by atoms with Crippen LogP contribution < -0.4 is 5.73 Å². The molecule has 0 saturated heterocycles. The average Bonchev–Trinajstić information content (AvgIpc) is 2.55. The summed E-state index contributed by atoms with van der Waals surface area (Å²) in [4.78, 5) is 14.0. The van der Waals surface area contributed by atoms with Crippen molar-refractivity contribution in [3.63, 3.8) is 0 Å². The summed E-state index contributed by atoms with van der Waals surface area (Å²) in [5, 5.41) is 0. The molecule has 2 N–H and O–H groups in total. The molecule has 0 bridgehead atoms. The molecule has 1 atom stereocenters. The maximum atomic E-state index is 12.3. The fourth-order valence-corrected chi connectivity index (χ4v) is 2.61. The number of rotatable bonds is 6. The Morgan fingerprint density at radius 2 is 1.73 bits per heavy atom. The van der Waals surface area contributed by atoms with Crippen LogP contribution in [0.4, 0.5) is 0 Å². The highest BCUT2D eigenvalue weighted by atomic mass is 16.2. The molecule has 116 valence electrons. The molecule has 0 fully saturated rings. The number of benzene rings is 2. The Morgan fingerprint density at radius 3 is 2.41 bits per heavy atom. The Balaban J connectivity index is 2.18. The van der Waals surface area contributed by atoms with E-state index in [1.807, 2.05) is 44.3 Å². The third kappa shape index (κ3) is 3.95. The van der Waals surface area contributed by atoms with Gasteiger partial charge >= 0.3 is 0 Å². The first-order chi connectivity index (χ1) is 10.6. The van der Waals surface area contributed by atoms with Crippen LogP contribution >= 0.6 is 0 Å². The Kier molecular flexibility index (Phi) is 5.73. The highest BCUT2D eigenvalue weighted by Gasteiger charge is 2.18. The van der Waals surface area contributed by atoms with E-state index >= 15 is 0 Å². The lowest BCUT2D eigenvalue weighted by Crippen LogP contribution is -2.41. The van der Waals surface area contributed by atoms with Gasteiger partial charge in [-0.25, -0.2) is 0 Å². The SMILES string of the molecule is CCCC(N)C(=O)N(C)Cc1ccccc1-c1ccccc1. The third-order valence-electron chi connectivity index (χ3n) is 3.80. The van der Waals surface area contributed by atoms with E-state index in [-0.39, 0.29) is 5.91 Å². The topological polar surface area (TPSA) is 46.3 Å². The minimum Gasteiger partial charge on any atom is -0.340 e. The molecule has 22 heavy (non-hydrogen) atoms. The van der Waals surface area contributed by atoms with E-state index < -0.39 is 6.04 Å². The molecule has 2 aromatic rings. The van der Waals surface area contributed by atoms with Crippen LogP contribution in [-0.2, 0) is 11.3 Å². The number of hydrogen-bond donors (Lipinski definition) is 1. The van der Waals surface area contributed by atoms with E-state index in [4.69, 9.17) is 5.73 Å². The molecule has 0 radical (unpaired) electrons. The summed E-state index contributed by atoms with van der Waals surface area (Å²) in [5.74, 6) is 0.00437. The fraction of sp³-hybridized carbons (Fsp3) is 0.316. The molecule has 2 aromatic carbocycles. The van der Waals surface area contributed by atoms with E-state index in [2.05, 4.69) is 24.3 Å². The molecular formula is C19H24N2O. The minimum atomic E-state index is -0.404.